The molecule has 2 nitrogen and oxygen atoms in total. The van der Waals surface area contributed by atoms with Crippen LogP contribution in [0.2, 0.25) is 0 Å². The lowest BCUT2D eigenvalue weighted by Gasteiger charge is -2.62. The van der Waals surface area contributed by atoms with E-state index in [4.69, 9.17) is 4.74 Å². The lowest BCUT2D eigenvalue weighted by atomic mass is 9.43. The predicted octanol–water partition coefficient (Wildman–Crippen LogP) is 11.7. The number of carbonyl (C=O) groups is 1. The van der Waals surface area contributed by atoms with Gasteiger partial charge in [0.15, 0.2) is 0 Å². The molecular weight excluding hydrogens is 553 g/mol. The van der Waals surface area contributed by atoms with E-state index >= 15 is 0 Å². The van der Waals surface area contributed by atoms with Crippen molar-refractivity contribution < 1.29 is 9.53 Å². The third-order valence-electron chi connectivity index (χ3n) is 13.8. The molecule has 42 heavy (non-hydrogen) atoms. The number of carbonyl (C=O) groups excluding carboxylic acids is 1. The highest BCUT2D eigenvalue weighted by Crippen LogP contribution is 2.72. The molecule has 1 aliphatic heterocycles. The van der Waals surface area contributed by atoms with Crippen molar-refractivity contribution in [2.75, 3.05) is 5.75 Å². The first kappa shape index (κ1) is 33.0. The van der Waals surface area contributed by atoms with Gasteiger partial charge in [0.1, 0.15) is 6.10 Å². The van der Waals surface area contributed by atoms with Crippen LogP contribution in [0.15, 0.2) is 22.8 Å². The van der Waals surface area contributed by atoms with E-state index in [9.17, 15) is 4.79 Å². The van der Waals surface area contributed by atoms with Crippen molar-refractivity contribution >= 4 is 27.6 Å². The number of hydrogen-bond donors (Lipinski definition) is 0. The molecule has 0 amide bonds. The summed E-state index contributed by atoms with van der Waals surface area (Å²) in [5.74, 6) is 3.58. The van der Waals surface area contributed by atoms with Gasteiger partial charge in [-0.05, 0) is 131 Å². The minimum Gasteiger partial charge on any atom is -0.462 e. The van der Waals surface area contributed by atoms with E-state index in [-0.39, 0.29) is 22.9 Å². The van der Waals surface area contributed by atoms with Gasteiger partial charge in [0.25, 0.3) is 0 Å². The maximum atomic E-state index is 13.0. The predicted molar refractivity (Wildman–Crippen MR) is 184 cm³/mol. The number of fused-ring (bicyclic) bond motifs is 4. The first-order valence-corrected chi connectivity index (χ1v) is 20.1. The number of rotatable bonds is 10. The summed E-state index contributed by atoms with van der Waals surface area (Å²) in [7, 11) is 4.06. The molecule has 0 N–H and O–H groups in total. The first-order valence-electron chi connectivity index (χ1n) is 17.7. The van der Waals surface area contributed by atoms with Crippen molar-refractivity contribution in [1.29, 1.82) is 0 Å². The zero-order chi connectivity index (χ0) is 30.3. The van der Waals surface area contributed by atoms with Crippen LogP contribution in [0.4, 0.5) is 0 Å². The van der Waals surface area contributed by atoms with E-state index in [0.29, 0.717) is 23.2 Å². The molecule has 238 valence electrons. The third kappa shape index (κ3) is 5.96. The van der Waals surface area contributed by atoms with Crippen molar-refractivity contribution in [2.24, 2.45) is 39.4 Å². The molecule has 1 saturated heterocycles. The van der Waals surface area contributed by atoms with E-state index in [1.807, 2.05) is 21.9 Å². The van der Waals surface area contributed by atoms with Crippen LogP contribution in [-0.4, -0.2) is 23.1 Å². The number of ether oxygens (including phenoxy) is 1. The fourth-order valence-corrected chi connectivity index (χ4v) is 14.1. The number of esters is 1. The average molecular weight is 615 g/mol. The molecule has 4 aliphatic carbocycles. The molecule has 0 bridgehead atoms. The highest BCUT2D eigenvalue weighted by atomic mass is 33.1. The van der Waals surface area contributed by atoms with E-state index < -0.39 is 0 Å². The Morgan fingerprint density at radius 3 is 2.48 bits per heavy atom. The molecule has 0 aromatic heterocycles. The van der Waals surface area contributed by atoms with Gasteiger partial charge in [-0.1, -0.05) is 92.3 Å². The molecule has 5 rings (SSSR count). The molecule has 0 radical (unpaired) electrons. The molecule has 0 spiro atoms. The highest BCUT2D eigenvalue weighted by molar-refractivity contribution is 8.77. The summed E-state index contributed by atoms with van der Waals surface area (Å²) >= 11 is 0. The fourth-order valence-electron chi connectivity index (χ4n) is 11.1. The number of allylic oxidation sites excluding steroid dienone is 4. The summed E-state index contributed by atoms with van der Waals surface area (Å²) in [6, 6.07) is 0. The Bertz CT molecular complexity index is 1050. The summed E-state index contributed by atoms with van der Waals surface area (Å²) in [6.45, 7) is 19.9. The number of unbranched alkanes of at least 4 members (excludes halogenated alkanes) is 1. The van der Waals surface area contributed by atoms with Gasteiger partial charge in [0.2, 0.25) is 0 Å². The Morgan fingerprint density at radius 2 is 1.76 bits per heavy atom. The summed E-state index contributed by atoms with van der Waals surface area (Å²) in [4.78, 5) is 13.0. The third-order valence-corrected chi connectivity index (χ3v) is 16.8. The van der Waals surface area contributed by atoms with Crippen molar-refractivity contribution in [2.45, 2.75) is 163 Å². The van der Waals surface area contributed by atoms with Gasteiger partial charge in [-0.15, -0.1) is 0 Å². The normalized spacial score (nSPS) is 39.7. The van der Waals surface area contributed by atoms with Crippen LogP contribution >= 0.6 is 21.6 Å². The van der Waals surface area contributed by atoms with Gasteiger partial charge in [-0.25, -0.2) is 0 Å². The molecule has 3 fully saturated rings. The average Bonchev–Trinajstić information content (AvgIpc) is 3.54. The molecule has 0 aromatic carbocycles. The smallest absolute Gasteiger partial charge is 0.306 e. The first-order chi connectivity index (χ1) is 19.8. The van der Waals surface area contributed by atoms with Gasteiger partial charge >= 0.3 is 5.97 Å². The van der Waals surface area contributed by atoms with Crippen molar-refractivity contribution in [3.63, 3.8) is 0 Å². The summed E-state index contributed by atoms with van der Waals surface area (Å²) in [5.41, 5.74) is 6.25. The maximum absolute atomic E-state index is 13.0. The molecule has 8 atom stereocenters. The van der Waals surface area contributed by atoms with E-state index in [0.717, 1.165) is 36.3 Å². The Kier molecular flexibility index (Phi) is 10.1. The van der Waals surface area contributed by atoms with Gasteiger partial charge < -0.3 is 4.74 Å². The quantitative estimate of drug-likeness (QED) is 0.106. The number of hydrogen-bond acceptors (Lipinski definition) is 4. The minimum atomic E-state index is 0.0260. The Morgan fingerprint density at radius 1 is 0.976 bits per heavy atom. The van der Waals surface area contributed by atoms with E-state index in [2.05, 4.69) is 72.3 Å². The second kappa shape index (κ2) is 12.8. The van der Waals surface area contributed by atoms with Gasteiger partial charge in [0.05, 0.1) is 0 Å². The zero-order valence-electron chi connectivity index (χ0n) is 28.4. The van der Waals surface area contributed by atoms with Crippen LogP contribution in [0, 0.1) is 39.4 Å². The van der Waals surface area contributed by atoms with Gasteiger partial charge in [-0.2, -0.15) is 0 Å². The lowest BCUT2D eigenvalue weighted by molar-refractivity contribution is -0.170. The monoisotopic (exact) mass is 614 g/mol. The van der Waals surface area contributed by atoms with Crippen molar-refractivity contribution in [3.05, 3.63) is 22.8 Å². The molecule has 1 heterocycles. The molecular formula is C38H62O2S2. The topological polar surface area (TPSA) is 26.3 Å². The fraction of sp³-hybridized carbons (Fsp3) is 0.868. The van der Waals surface area contributed by atoms with E-state index in [1.54, 1.807) is 0 Å². The Labute approximate surface area is 267 Å². The molecule has 4 heteroatoms. The van der Waals surface area contributed by atoms with Crippen LogP contribution in [0.1, 0.15) is 152 Å². The van der Waals surface area contributed by atoms with Crippen molar-refractivity contribution in [3.8, 4) is 0 Å². The summed E-state index contributed by atoms with van der Waals surface area (Å²) in [5, 5.41) is 0.803. The largest absolute Gasteiger partial charge is 0.462 e. The van der Waals surface area contributed by atoms with Gasteiger partial charge in [0, 0.05) is 22.8 Å². The zero-order valence-corrected chi connectivity index (χ0v) is 30.0. The van der Waals surface area contributed by atoms with Crippen LogP contribution in [0.5, 0.6) is 0 Å². The standard InChI is InChI=1S/C38H62O2S2/c1-26(2)12-11-13-27(3)29-18-23-38(8)31-16-17-32-35(4,5)33(20-22-36(32,6)30(31)19-24-37(29,38)7)40-34(39)15-10-9-14-28-21-25-41-42-28/h12,27-29,32-33H,9-11,13-25H2,1-8H3/t27-,28?,29?,32?,33+,36-,37-,38+/m1/s1. The van der Waals surface area contributed by atoms with Crippen LogP contribution in [-0.2, 0) is 9.53 Å². The molecule has 3 unspecified atom stereocenters. The molecule has 2 saturated carbocycles. The summed E-state index contributed by atoms with van der Waals surface area (Å²) < 4.78 is 6.33. The van der Waals surface area contributed by atoms with Crippen molar-refractivity contribution in [1.82, 2.24) is 0 Å². The van der Waals surface area contributed by atoms with Crippen LogP contribution in [0.25, 0.3) is 0 Å². The minimum absolute atomic E-state index is 0.0260. The second-order valence-electron chi connectivity index (χ2n) is 16.6. The molecule has 0 aromatic rings. The Balaban J connectivity index is 1.25. The van der Waals surface area contributed by atoms with E-state index in [1.165, 1.54) is 82.0 Å². The molecule has 5 aliphatic rings. The van der Waals surface area contributed by atoms with Crippen LogP contribution in [0.3, 0.4) is 0 Å². The highest BCUT2D eigenvalue weighted by Gasteiger charge is 2.63. The van der Waals surface area contributed by atoms with Gasteiger partial charge in [-0.3, -0.25) is 4.79 Å². The van der Waals surface area contributed by atoms with Crippen LogP contribution < -0.4 is 0 Å². The summed E-state index contributed by atoms with van der Waals surface area (Å²) in [6.07, 6.45) is 20.6. The second-order valence-corrected chi connectivity index (χ2v) is 19.4. The maximum Gasteiger partial charge on any atom is 0.306 e. The Hall–Kier alpha value is -0.350. The lowest BCUT2D eigenvalue weighted by Crippen LogP contribution is -2.55. The SMILES string of the molecule is CC(C)=CCC[C@@H](C)C1CC[C@@]2(C)C3=C(CC[C@]12C)[C@@]1(C)CC[C@H](OC(=O)CCCCC2CCSS2)C(C)(C)C1CC3.